The standard InChI is InChI=1S/C11H17N3O3S/c1-11(2,9(15)16)6-13-10(17)12-4-3-8-5-18-7-14-8/h5,7H,3-4,6H2,1-2H3,(H,15,16)(H2,12,13,17). The third-order valence-corrected chi connectivity index (χ3v) is 3.06. The van der Waals surface area contributed by atoms with Gasteiger partial charge in [0.05, 0.1) is 16.6 Å². The quantitative estimate of drug-likeness (QED) is 0.722. The van der Waals surface area contributed by atoms with Crippen LogP contribution in [0.15, 0.2) is 10.9 Å². The molecule has 0 aliphatic rings. The fraction of sp³-hybridized carbons (Fsp3) is 0.545. The molecule has 0 fully saturated rings. The number of amides is 2. The second kappa shape index (κ2) is 6.34. The summed E-state index contributed by atoms with van der Waals surface area (Å²) in [5.74, 6) is -0.940. The fourth-order valence-electron chi connectivity index (χ4n) is 1.10. The van der Waals surface area contributed by atoms with Crippen LogP contribution in [0.3, 0.4) is 0 Å². The van der Waals surface area contributed by atoms with Gasteiger partial charge in [-0.3, -0.25) is 4.79 Å². The van der Waals surface area contributed by atoms with E-state index in [1.165, 1.54) is 11.3 Å². The first-order chi connectivity index (χ1) is 8.42. The van der Waals surface area contributed by atoms with Crippen LogP contribution in [0.2, 0.25) is 0 Å². The number of nitrogens with one attached hydrogen (secondary N) is 2. The summed E-state index contributed by atoms with van der Waals surface area (Å²) in [5, 5.41) is 16.0. The lowest BCUT2D eigenvalue weighted by Gasteiger charge is -2.19. The number of hydrogen-bond acceptors (Lipinski definition) is 4. The number of urea groups is 1. The Morgan fingerprint density at radius 3 is 2.72 bits per heavy atom. The summed E-state index contributed by atoms with van der Waals surface area (Å²) in [7, 11) is 0. The Morgan fingerprint density at radius 2 is 2.17 bits per heavy atom. The molecule has 0 aromatic carbocycles. The summed E-state index contributed by atoms with van der Waals surface area (Å²) in [6, 6.07) is -0.362. The van der Waals surface area contributed by atoms with Crippen LogP contribution in [0, 0.1) is 5.41 Å². The Morgan fingerprint density at radius 1 is 1.44 bits per heavy atom. The molecule has 0 unspecified atom stereocenters. The highest BCUT2D eigenvalue weighted by Crippen LogP contribution is 2.12. The van der Waals surface area contributed by atoms with Gasteiger partial charge in [0.15, 0.2) is 0 Å². The maximum absolute atomic E-state index is 11.4. The molecule has 0 saturated heterocycles. The molecule has 0 spiro atoms. The number of carbonyl (C=O) groups is 2. The monoisotopic (exact) mass is 271 g/mol. The molecule has 1 aromatic rings. The molecule has 0 saturated carbocycles. The molecule has 0 radical (unpaired) electrons. The zero-order valence-electron chi connectivity index (χ0n) is 10.4. The van der Waals surface area contributed by atoms with E-state index in [0.717, 1.165) is 5.69 Å². The van der Waals surface area contributed by atoms with Crippen LogP contribution in [0.5, 0.6) is 0 Å². The molecule has 1 heterocycles. The lowest BCUT2D eigenvalue weighted by atomic mass is 9.94. The van der Waals surface area contributed by atoms with Crippen molar-refractivity contribution < 1.29 is 14.7 Å². The van der Waals surface area contributed by atoms with Gasteiger partial charge in [0.2, 0.25) is 0 Å². The smallest absolute Gasteiger partial charge is 0.314 e. The molecule has 0 atom stereocenters. The molecule has 0 aliphatic heterocycles. The number of carbonyl (C=O) groups excluding carboxylic acids is 1. The lowest BCUT2D eigenvalue weighted by Crippen LogP contribution is -2.43. The minimum Gasteiger partial charge on any atom is -0.481 e. The van der Waals surface area contributed by atoms with Gasteiger partial charge in [-0.1, -0.05) is 0 Å². The van der Waals surface area contributed by atoms with E-state index in [9.17, 15) is 9.59 Å². The highest BCUT2D eigenvalue weighted by atomic mass is 32.1. The van der Waals surface area contributed by atoms with Crippen LogP contribution >= 0.6 is 11.3 Å². The lowest BCUT2D eigenvalue weighted by molar-refractivity contribution is -0.146. The van der Waals surface area contributed by atoms with Crippen molar-refractivity contribution in [3.63, 3.8) is 0 Å². The van der Waals surface area contributed by atoms with Gasteiger partial charge in [0, 0.05) is 24.9 Å². The average molecular weight is 271 g/mol. The molecule has 100 valence electrons. The molecule has 18 heavy (non-hydrogen) atoms. The van der Waals surface area contributed by atoms with Crippen molar-refractivity contribution in [2.75, 3.05) is 13.1 Å². The Kier molecular flexibility index (Phi) is 5.08. The first-order valence-corrected chi connectivity index (χ1v) is 6.48. The molecule has 0 aliphatic carbocycles. The van der Waals surface area contributed by atoms with E-state index >= 15 is 0 Å². The molecule has 6 nitrogen and oxygen atoms in total. The summed E-state index contributed by atoms with van der Waals surface area (Å²) < 4.78 is 0. The predicted molar refractivity (Wildman–Crippen MR) is 68.6 cm³/mol. The second-order valence-electron chi connectivity index (χ2n) is 4.53. The van der Waals surface area contributed by atoms with Gasteiger partial charge >= 0.3 is 12.0 Å². The minimum atomic E-state index is -0.966. The van der Waals surface area contributed by atoms with Crippen molar-refractivity contribution in [3.05, 3.63) is 16.6 Å². The zero-order valence-corrected chi connectivity index (χ0v) is 11.2. The molecule has 7 heteroatoms. The second-order valence-corrected chi connectivity index (χ2v) is 5.25. The van der Waals surface area contributed by atoms with Gasteiger partial charge < -0.3 is 15.7 Å². The van der Waals surface area contributed by atoms with Crippen molar-refractivity contribution >= 4 is 23.3 Å². The number of carboxylic acids is 1. The summed E-state index contributed by atoms with van der Waals surface area (Å²) in [5.41, 5.74) is 1.71. The highest BCUT2D eigenvalue weighted by molar-refractivity contribution is 7.07. The van der Waals surface area contributed by atoms with E-state index in [1.807, 2.05) is 5.38 Å². The van der Waals surface area contributed by atoms with Crippen LogP contribution in [0.25, 0.3) is 0 Å². The van der Waals surface area contributed by atoms with Gasteiger partial charge in [-0.05, 0) is 13.8 Å². The molecule has 1 aromatic heterocycles. The third kappa shape index (κ3) is 4.70. The third-order valence-electron chi connectivity index (χ3n) is 2.42. The van der Waals surface area contributed by atoms with Crippen LogP contribution in [0.1, 0.15) is 19.5 Å². The normalized spacial score (nSPS) is 11.0. The Bertz CT molecular complexity index is 404. The van der Waals surface area contributed by atoms with Crippen LogP contribution in [-0.2, 0) is 11.2 Å². The van der Waals surface area contributed by atoms with E-state index in [-0.39, 0.29) is 12.6 Å². The number of aromatic nitrogens is 1. The summed E-state index contributed by atoms with van der Waals surface area (Å²) >= 11 is 1.51. The van der Waals surface area contributed by atoms with E-state index in [4.69, 9.17) is 5.11 Å². The van der Waals surface area contributed by atoms with Gasteiger partial charge in [-0.25, -0.2) is 9.78 Å². The summed E-state index contributed by atoms with van der Waals surface area (Å²) in [4.78, 5) is 26.3. The molecule has 2 amide bonds. The molecule has 0 bridgehead atoms. The first-order valence-electron chi connectivity index (χ1n) is 5.54. The highest BCUT2D eigenvalue weighted by Gasteiger charge is 2.27. The van der Waals surface area contributed by atoms with Gasteiger partial charge in [0.1, 0.15) is 0 Å². The SMILES string of the molecule is CC(C)(CNC(=O)NCCc1cscn1)C(=O)O. The predicted octanol–water partition coefficient (Wildman–Crippen LogP) is 1.10. The van der Waals surface area contributed by atoms with Gasteiger partial charge in [0.25, 0.3) is 0 Å². The Hall–Kier alpha value is -1.63. The van der Waals surface area contributed by atoms with Crippen LogP contribution < -0.4 is 10.6 Å². The van der Waals surface area contributed by atoms with Gasteiger partial charge in [-0.2, -0.15) is 0 Å². The average Bonchev–Trinajstić information content (AvgIpc) is 2.79. The van der Waals surface area contributed by atoms with Crippen molar-refractivity contribution in [2.45, 2.75) is 20.3 Å². The molecular weight excluding hydrogens is 254 g/mol. The number of hydrogen-bond donors (Lipinski definition) is 3. The summed E-state index contributed by atoms with van der Waals surface area (Å²) in [6.45, 7) is 3.68. The zero-order chi connectivity index (χ0) is 13.6. The van der Waals surface area contributed by atoms with E-state index in [1.54, 1.807) is 19.4 Å². The molecular formula is C11H17N3O3S. The maximum Gasteiger partial charge on any atom is 0.314 e. The minimum absolute atomic E-state index is 0.0882. The fourth-order valence-corrected chi connectivity index (χ4v) is 1.70. The molecule has 3 N–H and O–H groups in total. The maximum atomic E-state index is 11.4. The number of thiazole rings is 1. The Balaban J connectivity index is 2.20. The van der Waals surface area contributed by atoms with E-state index in [2.05, 4.69) is 15.6 Å². The summed E-state index contributed by atoms with van der Waals surface area (Å²) in [6.07, 6.45) is 0.666. The van der Waals surface area contributed by atoms with Crippen molar-refractivity contribution in [2.24, 2.45) is 5.41 Å². The van der Waals surface area contributed by atoms with Crippen molar-refractivity contribution in [3.8, 4) is 0 Å². The van der Waals surface area contributed by atoms with Crippen LogP contribution in [-0.4, -0.2) is 35.2 Å². The first kappa shape index (κ1) is 14.4. The number of carboxylic acid groups (broad SMARTS) is 1. The topological polar surface area (TPSA) is 91.3 Å². The molecule has 1 rings (SSSR count). The van der Waals surface area contributed by atoms with E-state index < -0.39 is 11.4 Å². The van der Waals surface area contributed by atoms with E-state index in [0.29, 0.717) is 13.0 Å². The van der Waals surface area contributed by atoms with Crippen molar-refractivity contribution in [1.82, 2.24) is 15.6 Å². The van der Waals surface area contributed by atoms with Crippen LogP contribution in [0.4, 0.5) is 4.79 Å². The number of nitrogens with zero attached hydrogens (tertiary/aromatic N) is 1. The largest absolute Gasteiger partial charge is 0.481 e. The number of aliphatic carboxylic acids is 1. The number of rotatable bonds is 6. The van der Waals surface area contributed by atoms with Gasteiger partial charge in [-0.15, -0.1) is 11.3 Å². The Labute approximate surface area is 109 Å². The van der Waals surface area contributed by atoms with Crippen molar-refractivity contribution in [1.29, 1.82) is 0 Å².